The van der Waals surface area contributed by atoms with Crippen molar-refractivity contribution in [2.24, 2.45) is 0 Å². The molecule has 0 atom stereocenters. The van der Waals surface area contributed by atoms with E-state index >= 15 is 0 Å². The Bertz CT molecular complexity index is 1040. The highest BCUT2D eigenvalue weighted by atomic mass is 19.4. The van der Waals surface area contributed by atoms with Crippen molar-refractivity contribution in [3.05, 3.63) is 60.2 Å². The van der Waals surface area contributed by atoms with Crippen molar-refractivity contribution in [2.45, 2.75) is 13.1 Å². The molecule has 1 fully saturated rings. The Kier molecular flexibility index (Phi) is 5.10. The Morgan fingerprint density at radius 3 is 2.33 bits per heavy atom. The quantitative estimate of drug-likeness (QED) is 0.651. The number of carbonyl (C=O) groups is 1. The maximum absolute atomic E-state index is 12.6. The maximum atomic E-state index is 12.6. The van der Waals surface area contributed by atoms with Gasteiger partial charge < -0.3 is 9.80 Å². The number of imidazole rings is 1. The number of aryl methyl sites for hydroxylation is 1. The van der Waals surface area contributed by atoms with Crippen molar-refractivity contribution in [3.63, 3.8) is 0 Å². The number of piperazine rings is 1. The predicted molar refractivity (Wildman–Crippen MR) is 101 cm³/mol. The first-order valence-corrected chi connectivity index (χ1v) is 9.23. The van der Waals surface area contributed by atoms with Gasteiger partial charge in [0.05, 0.1) is 5.56 Å². The number of aromatic nitrogens is 5. The summed E-state index contributed by atoms with van der Waals surface area (Å²) in [4.78, 5) is 32.4. The van der Waals surface area contributed by atoms with Gasteiger partial charge in [-0.05, 0) is 19.1 Å². The summed E-state index contributed by atoms with van der Waals surface area (Å²) in [6, 6.07) is 3.84. The van der Waals surface area contributed by atoms with E-state index in [1.54, 1.807) is 11.1 Å². The van der Waals surface area contributed by atoms with Gasteiger partial charge >= 0.3 is 6.18 Å². The van der Waals surface area contributed by atoms with Crippen molar-refractivity contribution in [1.29, 1.82) is 0 Å². The number of alkyl halides is 3. The largest absolute Gasteiger partial charge is 0.433 e. The number of halogens is 3. The highest BCUT2D eigenvalue weighted by Gasteiger charge is 2.32. The van der Waals surface area contributed by atoms with E-state index in [-0.39, 0.29) is 11.5 Å². The van der Waals surface area contributed by atoms with Gasteiger partial charge in [-0.1, -0.05) is 0 Å². The first-order valence-electron chi connectivity index (χ1n) is 9.23. The zero-order valence-corrected chi connectivity index (χ0v) is 16.0. The number of hydrogen-bond donors (Lipinski definition) is 0. The van der Waals surface area contributed by atoms with Crippen LogP contribution in [0.4, 0.5) is 19.0 Å². The zero-order valence-electron chi connectivity index (χ0n) is 16.0. The van der Waals surface area contributed by atoms with Crippen molar-refractivity contribution >= 4 is 11.7 Å². The summed E-state index contributed by atoms with van der Waals surface area (Å²) < 4.78 is 39.8. The number of nitrogens with zero attached hydrogens (tertiary/aromatic N) is 7. The molecule has 0 aromatic carbocycles. The molecule has 1 aliphatic heterocycles. The topological polar surface area (TPSA) is 80.0 Å². The summed E-state index contributed by atoms with van der Waals surface area (Å²) in [5.41, 5.74) is -0.882. The van der Waals surface area contributed by atoms with Gasteiger partial charge in [0.1, 0.15) is 29.5 Å². The number of amides is 1. The average molecular weight is 417 g/mol. The van der Waals surface area contributed by atoms with Gasteiger partial charge in [0.15, 0.2) is 0 Å². The molecule has 3 aromatic rings. The van der Waals surface area contributed by atoms with Crippen LogP contribution >= 0.6 is 0 Å². The molecule has 156 valence electrons. The molecule has 0 spiro atoms. The summed E-state index contributed by atoms with van der Waals surface area (Å²) in [7, 11) is 0. The second kappa shape index (κ2) is 7.73. The zero-order chi connectivity index (χ0) is 21.3. The molecule has 0 radical (unpaired) electrons. The van der Waals surface area contributed by atoms with E-state index in [4.69, 9.17) is 0 Å². The molecular formula is C19H18F3N7O. The van der Waals surface area contributed by atoms with Gasteiger partial charge in [0.2, 0.25) is 0 Å². The fourth-order valence-electron chi connectivity index (χ4n) is 3.27. The lowest BCUT2D eigenvalue weighted by Crippen LogP contribution is -2.49. The van der Waals surface area contributed by atoms with Gasteiger partial charge in [-0.25, -0.2) is 15.0 Å². The monoisotopic (exact) mass is 417 g/mol. The fraction of sp³-hybridized carbons (Fsp3) is 0.316. The molecule has 0 N–H and O–H groups in total. The van der Waals surface area contributed by atoms with Gasteiger partial charge in [0, 0.05) is 50.8 Å². The lowest BCUT2D eigenvalue weighted by atomic mass is 10.2. The molecule has 11 heteroatoms. The number of carbonyl (C=O) groups excluding carboxylic acids is 1. The van der Waals surface area contributed by atoms with E-state index < -0.39 is 11.9 Å². The van der Waals surface area contributed by atoms with Crippen LogP contribution < -0.4 is 4.90 Å². The van der Waals surface area contributed by atoms with E-state index in [0.29, 0.717) is 32.0 Å². The van der Waals surface area contributed by atoms with Crippen LogP contribution in [-0.2, 0) is 6.18 Å². The smallest absolute Gasteiger partial charge is 0.353 e. The summed E-state index contributed by atoms with van der Waals surface area (Å²) in [6.45, 7) is 3.80. The van der Waals surface area contributed by atoms with Crippen LogP contribution in [0.3, 0.4) is 0 Å². The Morgan fingerprint density at radius 1 is 1.00 bits per heavy atom. The van der Waals surface area contributed by atoms with E-state index in [0.717, 1.165) is 30.0 Å². The molecule has 4 heterocycles. The summed E-state index contributed by atoms with van der Waals surface area (Å²) >= 11 is 0. The third-order valence-electron chi connectivity index (χ3n) is 4.90. The SMILES string of the molecule is Cc1nccn1-c1cc(N2CCN(C(=O)c3ccc(C(F)(F)F)nc3)CC2)ncn1. The van der Waals surface area contributed by atoms with E-state index in [2.05, 4.69) is 19.9 Å². The third kappa shape index (κ3) is 3.95. The normalized spacial score (nSPS) is 14.8. The van der Waals surface area contributed by atoms with Gasteiger partial charge in [-0.3, -0.25) is 14.3 Å². The molecular weight excluding hydrogens is 399 g/mol. The highest BCUT2D eigenvalue weighted by molar-refractivity contribution is 5.94. The molecule has 1 amide bonds. The van der Waals surface area contributed by atoms with Gasteiger partial charge in [-0.2, -0.15) is 13.2 Å². The molecule has 30 heavy (non-hydrogen) atoms. The van der Waals surface area contributed by atoms with Crippen molar-refractivity contribution in [2.75, 3.05) is 31.1 Å². The molecule has 1 aliphatic rings. The molecule has 8 nitrogen and oxygen atoms in total. The molecule has 3 aromatic heterocycles. The maximum Gasteiger partial charge on any atom is 0.433 e. The Hall–Kier alpha value is -3.50. The molecule has 4 rings (SSSR count). The fourth-order valence-corrected chi connectivity index (χ4v) is 3.27. The second-order valence-electron chi connectivity index (χ2n) is 6.79. The minimum absolute atomic E-state index is 0.136. The third-order valence-corrected chi connectivity index (χ3v) is 4.90. The first-order chi connectivity index (χ1) is 14.3. The number of anilines is 1. The Balaban J connectivity index is 1.42. The molecule has 0 aliphatic carbocycles. The minimum atomic E-state index is -4.53. The van der Waals surface area contributed by atoms with Crippen LogP contribution in [0.25, 0.3) is 5.82 Å². The standard InChI is InChI=1S/C19H18F3N7O/c1-13-23-4-5-29(13)17-10-16(25-12-26-17)27-6-8-28(9-7-27)18(30)14-2-3-15(24-11-14)19(20,21)22/h2-5,10-12H,6-9H2,1H3. The number of pyridine rings is 1. The summed E-state index contributed by atoms with van der Waals surface area (Å²) in [6.07, 6.45) is 1.43. The van der Waals surface area contributed by atoms with Crippen LogP contribution in [0.2, 0.25) is 0 Å². The summed E-state index contributed by atoms with van der Waals surface area (Å²) in [5, 5.41) is 0. The molecule has 1 saturated heterocycles. The lowest BCUT2D eigenvalue weighted by Gasteiger charge is -2.35. The van der Waals surface area contributed by atoms with Crippen LogP contribution in [-0.4, -0.2) is 61.5 Å². The first kappa shape index (κ1) is 19.8. The Morgan fingerprint density at radius 2 is 1.73 bits per heavy atom. The number of rotatable bonds is 3. The van der Waals surface area contributed by atoms with E-state index in [9.17, 15) is 18.0 Å². The van der Waals surface area contributed by atoms with Crippen molar-refractivity contribution < 1.29 is 18.0 Å². The summed E-state index contributed by atoms with van der Waals surface area (Å²) in [5.74, 6) is 1.90. The molecule has 0 bridgehead atoms. The molecule has 0 unspecified atom stereocenters. The van der Waals surface area contributed by atoms with Crippen molar-refractivity contribution in [3.8, 4) is 5.82 Å². The van der Waals surface area contributed by atoms with Gasteiger partial charge in [-0.15, -0.1) is 0 Å². The Labute approximate surface area is 170 Å². The van der Waals surface area contributed by atoms with E-state index in [1.165, 1.54) is 6.33 Å². The minimum Gasteiger partial charge on any atom is -0.353 e. The second-order valence-corrected chi connectivity index (χ2v) is 6.79. The van der Waals surface area contributed by atoms with Gasteiger partial charge in [0.25, 0.3) is 5.91 Å². The lowest BCUT2D eigenvalue weighted by molar-refractivity contribution is -0.141. The molecule has 0 saturated carbocycles. The van der Waals surface area contributed by atoms with Crippen LogP contribution in [0.5, 0.6) is 0 Å². The highest BCUT2D eigenvalue weighted by Crippen LogP contribution is 2.27. The number of hydrogen-bond acceptors (Lipinski definition) is 6. The van der Waals surface area contributed by atoms with Crippen LogP contribution in [0.1, 0.15) is 21.9 Å². The van der Waals surface area contributed by atoms with E-state index in [1.807, 2.05) is 28.7 Å². The predicted octanol–water partition coefficient (Wildman–Crippen LogP) is 2.35. The average Bonchev–Trinajstić information content (AvgIpc) is 3.19. The van der Waals surface area contributed by atoms with Crippen molar-refractivity contribution in [1.82, 2.24) is 29.4 Å². The van der Waals surface area contributed by atoms with Crippen LogP contribution in [0, 0.1) is 6.92 Å². The van der Waals surface area contributed by atoms with Crippen LogP contribution in [0.15, 0.2) is 43.1 Å².